The molecular formula is C29H31NO4S2. The molecule has 5 rings (SSSR count). The average Bonchev–Trinajstić information content (AvgIpc) is 3.23. The number of benzene rings is 3. The van der Waals surface area contributed by atoms with Gasteiger partial charge in [-0.2, -0.15) is 0 Å². The fourth-order valence-electron chi connectivity index (χ4n) is 4.70. The third kappa shape index (κ3) is 4.95. The van der Waals surface area contributed by atoms with Crippen LogP contribution in [-0.4, -0.2) is 34.5 Å². The maximum Gasteiger partial charge on any atom is 0.203 e. The topological polar surface area (TPSA) is 40.2 Å². The molecule has 1 aliphatic rings. The van der Waals surface area contributed by atoms with Crippen molar-refractivity contribution < 1.29 is 18.9 Å². The fourth-order valence-corrected chi connectivity index (χ4v) is 7.09. The van der Waals surface area contributed by atoms with Gasteiger partial charge in [-0.1, -0.05) is 18.2 Å². The maximum absolute atomic E-state index is 5.86. The van der Waals surface area contributed by atoms with Gasteiger partial charge in [-0.15, -0.1) is 23.1 Å². The van der Waals surface area contributed by atoms with Crippen molar-refractivity contribution in [2.45, 2.75) is 30.0 Å². The molecule has 188 valence electrons. The Morgan fingerprint density at radius 2 is 1.69 bits per heavy atom. The van der Waals surface area contributed by atoms with Gasteiger partial charge >= 0.3 is 0 Å². The van der Waals surface area contributed by atoms with Crippen molar-refractivity contribution in [2.75, 3.05) is 39.4 Å². The number of hydrogen-bond donors (Lipinski definition) is 0. The van der Waals surface area contributed by atoms with Gasteiger partial charge in [0, 0.05) is 26.3 Å². The summed E-state index contributed by atoms with van der Waals surface area (Å²) in [5.74, 6) is 2.88. The van der Waals surface area contributed by atoms with Crippen molar-refractivity contribution >= 4 is 38.9 Å². The number of thiophene rings is 1. The summed E-state index contributed by atoms with van der Waals surface area (Å²) in [6.45, 7) is 4.48. The van der Waals surface area contributed by atoms with Crippen LogP contribution in [0.5, 0.6) is 23.0 Å². The molecule has 0 saturated heterocycles. The largest absolute Gasteiger partial charge is 0.494 e. The highest BCUT2D eigenvalue weighted by Gasteiger charge is 2.26. The zero-order chi connectivity index (χ0) is 25.1. The van der Waals surface area contributed by atoms with Crippen molar-refractivity contribution in [2.24, 2.45) is 0 Å². The highest BCUT2D eigenvalue weighted by Crippen LogP contribution is 2.50. The standard InChI is InChI=1S/C29H31NO4S2/c1-5-34-21-10-11-23-28(17-21)36-27(20-15-24(31-2)29(33-4)25(16-20)32-3)12-13-30(23)18-22-14-19-8-6-7-9-26(19)35-22/h6-11,14-17,27H,5,12-13,18H2,1-4H3/t27-/m0/s1. The molecule has 4 aromatic rings. The third-order valence-electron chi connectivity index (χ3n) is 6.40. The first kappa shape index (κ1) is 24.7. The predicted molar refractivity (Wildman–Crippen MR) is 150 cm³/mol. The van der Waals surface area contributed by atoms with Gasteiger partial charge in [0.2, 0.25) is 5.75 Å². The van der Waals surface area contributed by atoms with Crippen LogP contribution in [0.4, 0.5) is 5.69 Å². The van der Waals surface area contributed by atoms with E-state index in [1.54, 1.807) is 21.3 Å². The lowest BCUT2D eigenvalue weighted by Gasteiger charge is -2.24. The number of anilines is 1. The molecule has 0 spiro atoms. The molecule has 2 heterocycles. The van der Waals surface area contributed by atoms with Crippen molar-refractivity contribution in [3.63, 3.8) is 0 Å². The van der Waals surface area contributed by atoms with Crippen molar-refractivity contribution in [1.82, 2.24) is 0 Å². The van der Waals surface area contributed by atoms with E-state index in [9.17, 15) is 0 Å². The molecule has 0 radical (unpaired) electrons. The molecule has 0 saturated carbocycles. The molecule has 0 N–H and O–H groups in total. The van der Waals surface area contributed by atoms with Crippen molar-refractivity contribution in [3.05, 3.63) is 71.1 Å². The molecular weight excluding hydrogens is 490 g/mol. The Balaban J connectivity index is 1.51. The molecule has 0 aliphatic carbocycles. The highest BCUT2D eigenvalue weighted by molar-refractivity contribution is 7.99. The SMILES string of the molecule is CCOc1ccc2c(c1)S[C@H](c1cc(OC)c(OC)c(OC)c1)CCN2Cc1cc2ccccc2s1. The summed E-state index contributed by atoms with van der Waals surface area (Å²) in [6.07, 6.45) is 0.979. The van der Waals surface area contributed by atoms with Crippen LogP contribution in [0.1, 0.15) is 29.0 Å². The average molecular weight is 522 g/mol. The van der Waals surface area contributed by atoms with Gasteiger partial charge in [0.25, 0.3) is 0 Å². The monoisotopic (exact) mass is 521 g/mol. The van der Waals surface area contributed by atoms with E-state index >= 15 is 0 Å². The van der Waals surface area contributed by atoms with Gasteiger partial charge in [0.1, 0.15) is 5.75 Å². The minimum atomic E-state index is 0.224. The summed E-state index contributed by atoms with van der Waals surface area (Å²) in [5.41, 5.74) is 2.40. The summed E-state index contributed by atoms with van der Waals surface area (Å²) >= 11 is 3.75. The van der Waals surface area contributed by atoms with E-state index < -0.39 is 0 Å². The van der Waals surface area contributed by atoms with E-state index in [2.05, 4.69) is 65.6 Å². The van der Waals surface area contributed by atoms with E-state index in [0.29, 0.717) is 23.9 Å². The number of hydrogen-bond acceptors (Lipinski definition) is 7. The zero-order valence-corrected chi connectivity index (χ0v) is 22.7. The van der Waals surface area contributed by atoms with Crippen LogP contribution in [0.15, 0.2) is 65.6 Å². The molecule has 0 amide bonds. The van der Waals surface area contributed by atoms with Crippen LogP contribution in [0.3, 0.4) is 0 Å². The third-order valence-corrected chi connectivity index (χ3v) is 8.87. The van der Waals surface area contributed by atoms with Gasteiger partial charge in [0.15, 0.2) is 11.5 Å². The smallest absolute Gasteiger partial charge is 0.203 e. The quantitative estimate of drug-likeness (QED) is 0.238. The first-order valence-electron chi connectivity index (χ1n) is 12.1. The summed E-state index contributed by atoms with van der Waals surface area (Å²) in [4.78, 5) is 5.09. The Labute approximate surface area is 220 Å². The van der Waals surface area contributed by atoms with E-state index in [1.165, 1.54) is 25.5 Å². The Bertz CT molecular complexity index is 1290. The number of nitrogens with zero attached hydrogens (tertiary/aromatic N) is 1. The van der Waals surface area contributed by atoms with Crippen molar-refractivity contribution in [1.29, 1.82) is 0 Å². The van der Waals surface area contributed by atoms with Crippen LogP contribution in [0.25, 0.3) is 10.1 Å². The first-order valence-corrected chi connectivity index (χ1v) is 13.8. The second-order valence-corrected chi connectivity index (χ2v) is 11.0. The van der Waals surface area contributed by atoms with Gasteiger partial charge < -0.3 is 23.8 Å². The van der Waals surface area contributed by atoms with Crippen LogP contribution >= 0.6 is 23.1 Å². The van der Waals surface area contributed by atoms with Gasteiger partial charge in [-0.05, 0) is 66.8 Å². The fraction of sp³-hybridized carbons (Fsp3) is 0.310. The molecule has 0 bridgehead atoms. The highest BCUT2D eigenvalue weighted by atomic mass is 32.2. The second-order valence-electron chi connectivity index (χ2n) is 8.59. The van der Waals surface area contributed by atoms with E-state index in [-0.39, 0.29) is 5.25 Å². The Morgan fingerprint density at radius 3 is 2.39 bits per heavy atom. The molecule has 1 atom stereocenters. The molecule has 36 heavy (non-hydrogen) atoms. The summed E-state index contributed by atoms with van der Waals surface area (Å²) in [6, 6.07) is 21.5. The number of rotatable bonds is 8. The molecule has 1 aliphatic heterocycles. The Hall–Kier alpha value is -3.03. The lowest BCUT2D eigenvalue weighted by atomic mass is 10.1. The minimum Gasteiger partial charge on any atom is -0.494 e. The molecule has 5 nitrogen and oxygen atoms in total. The van der Waals surface area contributed by atoms with Gasteiger partial charge in [-0.25, -0.2) is 0 Å². The molecule has 0 fully saturated rings. The second kappa shape index (κ2) is 10.9. The first-order chi connectivity index (χ1) is 17.6. The molecule has 7 heteroatoms. The Kier molecular flexibility index (Phi) is 7.48. The van der Waals surface area contributed by atoms with Crippen LogP contribution in [0.2, 0.25) is 0 Å². The van der Waals surface area contributed by atoms with E-state index in [0.717, 1.165) is 30.8 Å². The number of ether oxygens (including phenoxy) is 4. The number of fused-ring (bicyclic) bond motifs is 2. The predicted octanol–water partition coefficient (Wildman–Crippen LogP) is 7.57. The Morgan fingerprint density at radius 1 is 0.917 bits per heavy atom. The number of methoxy groups -OCH3 is 3. The summed E-state index contributed by atoms with van der Waals surface area (Å²) in [5, 5.41) is 1.53. The summed E-state index contributed by atoms with van der Waals surface area (Å²) < 4.78 is 24.0. The molecule has 3 aromatic carbocycles. The van der Waals surface area contributed by atoms with Crippen LogP contribution in [-0.2, 0) is 6.54 Å². The van der Waals surface area contributed by atoms with E-state index in [1.807, 2.05) is 30.0 Å². The zero-order valence-electron chi connectivity index (χ0n) is 21.1. The lowest BCUT2D eigenvalue weighted by molar-refractivity contribution is 0.323. The summed E-state index contributed by atoms with van der Waals surface area (Å²) in [7, 11) is 4.97. The maximum atomic E-state index is 5.86. The van der Waals surface area contributed by atoms with Crippen molar-refractivity contribution in [3.8, 4) is 23.0 Å². The number of thioether (sulfide) groups is 1. The van der Waals surface area contributed by atoms with Gasteiger partial charge in [-0.3, -0.25) is 0 Å². The molecule has 0 unspecified atom stereocenters. The van der Waals surface area contributed by atoms with Gasteiger partial charge in [0.05, 0.1) is 40.2 Å². The molecule has 1 aromatic heterocycles. The van der Waals surface area contributed by atoms with Crippen LogP contribution < -0.4 is 23.8 Å². The normalized spacial score (nSPS) is 15.3. The minimum absolute atomic E-state index is 0.224. The lowest BCUT2D eigenvalue weighted by Crippen LogP contribution is -2.23. The van der Waals surface area contributed by atoms with E-state index in [4.69, 9.17) is 18.9 Å². The van der Waals surface area contributed by atoms with Crippen LogP contribution in [0, 0.1) is 0 Å².